The third-order valence-electron chi connectivity index (χ3n) is 5.16. The summed E-state index contributed by atoms with van der Waals surface area (Å²) in [6.45, 7) is 0.825. The summed E-state index contributed by atoms with van der Waals surface area (Å²) in [5.74, 6) is 1.88. The van der Waals surface area contributed by atoms with E-state index in [1.165, 1.54) is 22.1 Å². The van der Waals surface area contributed by atoms with Gasteiger partial charge in [0.05, 0.1) is 11.1 Å². The first kappa shape index (κ1) is 13.0. The molecule has 25 heavy (non-hydrogen) atoms. The topological polar surface area (TPSA) is 17.5 Å². The molecule has 1 aromatic carbocycles. The van der Waals surface area contributed by atoms with Crippen LogP contribution in [0.3, 0.4) is 0 Å². The Morgan fingerprint density at radius 1 is 0.920 bits per heavy atom. The maximum Gasteiger partial charge on any atom is 0.217 e. The van der Waals surface area contributed by atoms with Gasteiger partial charge in [-0.25, -0.2) is 0 Å². The summed E-state index contributed by atoms with van der Waals surface area (Å²) in [6, 6.07) is 19.2. The maximum absolute atomic E-state index is 6.25. The molecule has 3 heteroatoms. The number of hydrogen-bond donors (Lipinski definition) is 0. The number of rotatable bonds is 0. The summed E-state index contributed by atoms with van der Waals surface area (Å²) in [5.41, 5.74) is 5.92. The van der Waals surface area contributed by atoms with E-state index in [9.17, 15) is 0 Å². The Morgan fingerprint density at radius 3 is 2.88 bits per heavy atom. The fourth-order valence-corrected chi connectivity index (χ4v) is 3.96. The average molecular weight is 323 g/mol. The number of hydrogen-bond acceptors (Lipinski definition) is 1. The number of allylic oxidation sites excluding steroid dienone is 2. The van der Waals surface area contributed by atoms with Gasteiger partial charge in [0, 0.05) is 41.6 Å². The summed E-state index contributed by atoms with van der Waals surface area (Å²) in [5, 5.41) is 1.26. The van der Waals surface area contributed by atoms with Gasteiger partial charge in [-0.1, -0.05) is 12.1 Å². The molecule has 0 fully saturated rings. The van der Waals surface area contributed by atoms with Crippen LogP contribution in [0.25, 0.3) is 28.1 Å². The predicted octanol–water partition coefficient (Wildman–Crippen LogP) is 4.21. The summed E-state index contributed by atoms with van der Waals surface area (Å²) >= 11 is 0. The van der Waals surface area contributed by atoms with Crippen molar-refractivity contribution in [1.82, 2.24) is 4.40 Å². The van der Waals surface area contributed by atoms with Gasteiger partial charge in [0.15, 0.2) is 6.54 Å². The first-order valence-electron chi connectivity index (χ1n) is 8.50. The Labute approximate surface area is 144 Å². The summed E-state index contributed by atoms with van der Waals surface area (Å²) in [4.78, 5) is 0. The molecule has 0 bridgehead atoms. The van der Waals surface area contributed by atoms with E-state index < -0.39 is 0 Å². The van der Waals surface area contributed by atoms with Gasteiger partial charge in [0.1, 0.15) is 11.5 Å². The van der Waals surface area contributed by atoms with Crippen LogP contribution < -0.4 is 9.30 Å². The molecule has 0 saturated heterocycles. The molecule has 3 nitrogen and oxygen atoms in total. The van der Waals surface area contributed by atoms with E-state index in [0.29, 0.717) is 0 Å². The van der Waals surface area contributed by atoms with Crippen LogP contribution in [0, 0.1) is 0 Å². The van der Waals surface area contributed by atoms with Gasteiger partial charge in [0.25, 0.3) is 0 Å². The highest BCUT2D eigenvalue weighted by Crippen LogP contribution is 2.39. The molecule has 0 aliphatic carbocycles. The number of nitrogens with zero attached hydrogens (tertiary/aromatic N) is 2. The maximum atomic E-state index is 6.25. The van der Waals surface area contributed by atoms with Crippen LogP contribution in [0.2, 0.25) is 0 Å². The van der Waals surface area contributed by atoms with Crippen molar-refractivity contribution in [2.45, 2.75) is 6.54 Å². The Hall–Kier alpha value is -3.33. The fraction of sp³-hybridized carbons (Fsp3) is 0.0455. The molecule has 0 N–H and O–H groups in total. The van der Waals surface area contributed by atoms with Crippen molar-refractivity contribution in [3.05, 3.63) is 90.1 Å². The Kier molecular flexibility index (Phi) is 2.40. The van der Waals surface area contributed by atoms with Crippen molar-refractivity contribution >= 4 is 28.1 Å². The zero-order valence-electron chi connectivity index (χ0n) is 13.5. The quantitative estimate of drug-likeness (QED) is 0.443. The first-order chi connectivity index (χ1) is 12.4. The van der Waals surface area contributed by atoms with Crippen molar-refractivity contribution in [2.24, 2.45) is 0 Å². The largest absolute Gasteiger partial charge is 0.456 e. The second kappa shape index (κ2) is 4.61. The van der Waals surface area contributed by atoms with Crippen LogP contribution in [0.4, 0.5) is 0 Å². The lowest BCUT2D eigenvalue weighted by molar-refractivity contribution is -0.664. The molecule has 2 aliphatic rings. The molecule has 0 amide bonds. The Bertz CT molecular complexity index is 1240. The van der Waals surface area contributed by atoms with E-state index in [4.69, 9.17) is 4.74 Å². The number of aromatic nitrogens is 2. The van der Waals surface area contributed by atoms with Gasteiger partial charge in [-0.3, -0.25) is 0 Å². The van der Waals surface area contributed by atoms with Gasteiger partial charge >= 0.3 is 0 Å². The van der Waals surface area contributed by atoms with E-state index in [0.717, 1.165) is 29.2 Å². The Morgan fingerprint density at radius 2 is 1.88 bits per heavy atom. The molecular weight excluding hydrogens is 308 g/mol. The van der Waals surface area contributed by atoms with Crippen LogP contribution in [0.15, 0.2) is 78.8 Å². The van der Waals surface area contributed by atoms with E-state index in [1.54, 1.807) is 0 Å². The van der Waals surface area contributed by atoms with E-state index in [1.807, 2.05) is 12.3 Å². The van der Waals surface area contributed by atoms with E-state index in [-0.39, 0.29) is 0 Å². The lowest BCUT2D eigenvalue weighted by Gasteiger charge is -2.23. The highest BCUT2D eigenvalue weighted by Gasteiger charge is 2.30. The molecule has 5 heterocycles. The van der Waals surface area contributed by atoms with Crippen LogP contribution >= 0.6 is 0 Å². The highest BCUT2D eigenvalue weighted by atomic mass is 16.5. The molecule has 0 saturated carbocycles. The molecule has 2 aliphatic heterocycles. The van der Waals surface area contributed by atoms with Crippen LogP contribution in [0.1, 0.15) is 11.3 Å². The second-order valence-electron chi connectivity index (χ2n) is 6.51. The van der Waals surface area contributed by atoms with Crippen molar-refractivity contribution in [2.75, 3.05) is 0 Å². The molecule has 3 aromatic heterocycles. The van der Waals surface area contributed by atoms with Gasteiger partial charge in [-0.05, 0) is 36.4 Å². The van der Waals surface area contributed by atoms with Crippen molar-refractivity contribution < 1.29 is 9.30 Å². The Balaban J connectivity index is 1.66. The van der Waals surface area contributed by atoms with Crippen molar-refractivity contribution in [3.8, 4) is 5.75 Å². The minimum Gasteiger partial charge on any atom is -0.456 e. The molecule has 6 rings (SSSR count). The fourth-order valence-electron chi connectivity index (χ4n) is 3.96. The molecule has 0 spiro atoms. The molecule has 0 atom stereocenters. The minimum atomic E-state index is 0.825. The number of pyridine rings is 2. The molecule has 4 aromatic rings. The van der Waals surface area contributed by atoms with E-state index in [2.05, 4.69) is 75.8 Å². The zero-order chi connectivity index (χ0) is 16.4. The van der Waals surface area contributed by atoms with Crippen LogP contribution in [-0.2, 0) is 6.54 Å². The van der Waals surface area contributed by atoms with Crippen molar-refractivity contribution in [3.63, 3.8) is 0 Å². The number of fused-ring (bicyclic) bond motifs is 8. The van der Waals surface area contributed by atoms with Gasteiger partial charge in [-0.15, -0.1) is 0 Å². The molecule has 0 unspecified atom stereocenters. The third kappa shape index (κ3) is 1.72. The van der Waals surface area contributed by atoms with Crippen LogP contribution in [-0.4, -0.2) is 4.40 Å². The van der Waals surface area contributed by atoms with E-state index >= 15 is 0 Å². The minimum absolute atomic E-state index is 0.825. The number of benzene rings is 1. The highest BCUT2D eigenvalue weighted by molar-refractivity contribution is 5.96. The predicted molar refractivity (Wildman–Crippen MR) is 98.1 cm³/mol. The first-order valence-corrected chi connectivity index (χ1v) is 8.50. The lowest BCUT2D eigenvalue weighted by atomic mass is 9.98. The normalized spacial score (nSPS) is 15.0. The standard InChI is InChI=1S/C22H15N2O/c1-2-5-18-15(4-1)7-8-20-17-14-16-19-6-3-11-23(19)12-9-21(16)25-22(17)10-13-24(18)20/h1-12,14H,13H2/q+1. The summed E-state index contributed by atoms with van der Waals surface area (Å²) < 4.78 is 10.7. The SMILES string of the molecule is C1=C2Oc3ccn4cccc4c3C=C2c2ccc3ccccc3[n+]2C1. The summed E-state index contributed by atoms with van der Waals surface area (Å²) in [6.07, 6.45) is 8.56. The summed E-state index contributed by atoms with van der Waals surface area (Å²) in [7, 11) is 0. The van der Waals surface area contributed by atoms with Crippen LogP contribution in [0.5, 0.6) is 5.75 Å². The van der Waals surface area contributed by atoms with Gasteiger partial charge in [0.2, 0.25) is 11.2 Å². The second-order valence-corrected chi connectivity index (χ2v) is 6.51. The molecule has 118 valence electrons. The zero-order valence-corrected chi connectivity index (χ0v) is 13.5. The lowest BCUT2D eigenvalue weighted by Crippen LogP contribution is -2.41. The number of para-hydroxylation sites is 1. The van der Waals surface area contributed by atoms with Crippen molar-refractivity contribution in [1.29, 1.82) is 0 Å². The smallest absolute Gasteiger partial charge is 0.217 e. The monoisotopic (exact) mass is 323 g/mol. The van der Waals surface area contributed by atoms with Gasteiger partial charge < -0.3 is 9.14 Å². The molecule has 0 radical (unpaired) electrons. The average Bonchev–Trinajstić information content (AvgIpc) is 3.15. The number of ether oxygens (including phenoxy) is 1. The van der Waals surface area contributed by atoms with Gasteiger partial charge in [-0.2, -0.15) is 4.57 Å². The third-order valence-corrected chi connectivity index (χ3v) is 5.16. The molecular formula is C22H15N2O+.